The normalized spacial score (nSPS) is 11.7. The molecule has 12 heteroatoms. The van der Waals surface area contributed by atoms with Gasteiger partial charge in [-0.15, -0.1) is 11.3 Å². The summed E-state index contributed by atoms with van der Waals surface area (Å²) in [6.45, 7) is 0. The number of amides is 1. The minimum atomic E-state index is -4.61. The molecule has 0 atom stereocenters. The van der Waals surface area contributed by atoms with Crippen LogP contribution in [0.3, 0.4) is 0 Å². The van der Waals surface area contributed by atoms with Crippen molar-refractivity contribution in [1.82, 2.24) is 4.98 Å². The van der Waals surface area contributed by atoms with Crippen molar-refractivity contribution < 1.29 is 31.1 Å². The number of benzene rings is 2. The number of hydrogen-bond donors (Lipinski definition) is 2. The van der Waals surface area contributed by atoms with Gasteiger partial charge < -0.3 is 4.74 Å². The van der Waals surface area contributed by atoms with Crippen LogP contribution in [0, 0.1) is 0 Å². The third kappa shape index (κ3) is 4.89. The molecule has 0 aliphatic carbocycles. The fourth-order valence-electron chi connectivity index (χ4n) is 2.35. The molecule has 0 aliphatic rings. The van der Waals surface area contributed by atoms with Gasteiger partial charge >= 0.3 is 6.18 Å². The molecule has 2 aromatic carbocycles. The van der Waals surface area contributed by atoms with E-state index in [0.29, 0.717) is 17.1 Å². The Balaban J connectivity index is 1.73. The summed E-state index contributed by atoms with van der Waals surface area (Å²) in [6.07, 6.45) is -4.61. The molecule has 1 heterocycles. The maximum Gasteiger partial charge on any atom is 0.434 e. The summed E-state index contributed by atoms with van der Waals surface area (Å²) in [5.74, 6) is -0.390. The maximum absolute atomic E-state index is 12.6. The molecule has 0 fully saturated rings. The van der Waals surface area contributed by atoms with E-state index in [2.05, 4.69) is 15.0 Å². The molecule has 3 rings (SSSR count). The van der Waals surface area contributed by atoms with Crippen molar-refractivity contribution in [2.45, 2.75) is 11.1 Å². The van der Waals surface area contributed by atoms with E-state index in [4.69, 9.17) is 4.74 Å². The number of sulfonamides is 1. The summed E-state index contributed by atoms with van der Waals surface area (Å²) in [5.41, 5.74) is -0.812. The highest BCUT2D eigenvalue weighted by Gasteiger charge is 2.34. The lowest BCUT2D eigenvalue weighted by atomic mass is 10.2. The summed E-state index contributed by atoms with van der Waals surface area (Å²) < 4.78 is 70.4. The highest BCUT2D eigenvalue weighted by atomic mass is 32.2. The zero-order chi connectivity index (χ0) is 21.9. The molecule has 30 heavy (non-hydrogen) atoms. The van der Waals surface area contributed by atoms with Crippen LogP contribution in [-0.4, -0.2) is 26.4 Å². The number of nitrogens with one attached hydrogen (secondary N) is 2. The van der Waals surface area contributed by atoms with Crippen LogP contribution in [0.4, 0.5) is 24.0 Å². The predicted octanol–water partition coefficient (Wildman–Crippen LogP) is 4.22. The Morgan fingerprint density at radius 1 is 1.10 bits per heavy atom. The third-order valence-electron chi connectivity index (χ3n) is 3.79. The molecule has 0 aliphatic heterocycles. The van der Waals surface area contributed by atoms with Crippen LogP contribution >= 0.6 is 11.3 Å². The molecule has 0 saturated carbocycles. The van der Waals surface area contributed by atoms with E-state index in [1.807, 2.05) is 0 Å². The van der Waals surface area contributed by atoms with Gasteiger partial charge in [-0.2, -0.15) is 13.2 Å². The van der Waals surface area contributed by atoms with Crippen LogP contribution in [0.2, 0.25) is 0 Å². The molecule has 158 valence electrons. The quantitative estimate of drug-likeness (QED) is 0.578. The second kappa shape index (κ2) is 8.32. The average Bonchev–Trinajstić information content (AvgIpc) is 3.17. The number of nitrogens with zero attached hydrogens (tertiary/aromatic N) is 1. The largest absolute Gasteiger partial charge is 0.495 e. The minimum absolute atomic E-state index is 0.0509. The van der Waals surface area contributed by atoms with E-state index in [0.717, 1.165) is 5.38 Å². The third-order valence-corrected chi connectivity index (χ3v) is 5.93. The van der Waals surface area contributed by atoms with Gasteiger partial charge in [-0.25, -0.2) is 13.4 Å². The van der Waals surface area contributed by atoms with E-state index in [-0.39, 0.29) is 21.3 Å². The van der Waals surface area contributed by atoms with Gasteiger partial charge in [-0.05, 0) is 36.4 Å². The van der Waals surface area contributed by atoms with Crippen molar-refractivity contribution in [2.75, 3.05) is 17.1 Å². The molecular weight excluding hydrogens is 443 g/mol. The van der Waals surface area contributed by atoms with Crippen molar-refractivity contribution in [1.29, 1.82) is 0 Å². The van der Waals surface area contributed by atoms with Crippen molar-refractivity contribution in [3.05, 3.63) is 65.2 Å². The summed E-state index contributed by atoms with van der Waals surface area (Å²) >= 11 is 0.631. The molecular formula is C18H14F3N3O4S2. The number of anilines is 2. The minimum Gasteiger partial charge on any atom is -0.495 e. The number of ether oxygens (including phenoxy) is 1. The smallest absolute Gasteiger partial charge is 0.434 e. The second-order valence-electron chi connectivity index (χ2n) is 5.82. The van der Waals surface area contributed by atoms with Gasteiger partial charge in [0.1, 0.15) is 5.75 Å². The number of carbonyl (C=O) groups excluding carboxylic acids is 1. The number of carbonyl (C=O) groups is 1. The Bertz CT molecular complexity index is 1160. The van der Waals surface area contributed by atoms with E-state index >= 15 is 0 Å². The van der Waals surface area contributed by atoms with Crippen LogP contribution in [0.25, 0.3) is 0 Å². The predicted molar refractivity (Wildman–Crippen MR) is 105 cm³/mol. The van der Waals surface area contributed by atoms with Crippen molar-refractivity contribution in [3.8, 4) is 5.75 Å². The number of halogens is 3. The zero-order valence-corrected chi connectivity index (χ0v) is 16.9. The van der Waals surface area contributed by atoms with E-state index in [1.165, 1.54) is 37.4 Å². The van der Waals surface area contributed by atoms with Gasteiger partial charge in [-0.3, -0.25) is 14.8 Å². The van der Waals surface area contributed by atoms with E-state index < -0.39 is 27.8 Å². The lowest BCUT2D eigenvalue weighted by Crippen LogP contribution is -2.15. The number of rotatable bonds is 6. The first-order chi connectivity index (χ1) is 14.1. The van der Waals surface area contributed by atoms with Gasteiger partial charge in [0.25, 0.3) is 15.9 Å². The molecule has 1 aromatic heterocycles. The second-order valence-corrected chi connectivity index (χ2v) is 8.36. The van der Waals surface area contributed by atoms with Crippen molar-refractivity contribution >= 4 is 38.1 Å². The van der Waals surface area contributed by atoms with E-state index in [9.17, 15) is 26.4 Å². The Hall–Kier alpha value is -3.12. The fourth-order valence-corrected chi connectivity index (χ4v) is 4.13. The van der Waals surface area contributed by atoms with Gasteiger partial charge in [0, 0.05) is 10.9 Å². The van der Waals surface area contributed by atoms with E-state index in [1.54, 1.807) is 18.2 Å². The monoisotopic (exact) mass is 457 g/mol. The number of aromatic nitrogens is 1. The molecule has 2 N–H and O–H groups in total. The van der Waals surface area contributed by atoms with Crippen LogP contribution in [-0.2, 0) is 16.2 Å². The molecule has 7 nitrogen and oxygen atoms in total. The summed E-state index contributed by atoms with van der Waals surface area (Å²) in [6, 6.07) is 11.3. The van der Waals surface area contributed by atoms with Gasteiger partial charge in [0.15, 0.2) is 10.8 Å². The molecule has 0 bridgehead atoms. The fraction of sp³-hybridized carbons (Fsp3) is 0.111. The summed E-state index contributed by atoms with van der Waals surface area (Å²) in [4.78, 5) is 15.4. The number of thiazole rings is 1. The summed E-state index contributed by atoms with van der Waals surface area (Å²) in [7, 11) is -2.55. The molecule has 3 aromatic rings. The number of para-hydroxylation sites is 2. The SMILES string of the molecule is COc1ccccc1NS(=O)(=O)c1ccc(C(=O)Nc2nc(C(F)(F)F)cs2)cc1. The first kappa shape index (κ1) is 21.6. The Labute approximate surface area is 173 Å². The molecule has 0 spiro atoms. The summed E-state index contributed by atoms with van der Waals surface area (Å²) in [5, 5.41) is 2.82. The standard InChI is InChI=1S/C18H14F3N3O4S2/c1-28-14-5-3-2-4-13(14)24-30(26,27)12-8-6-11(7-9-12)16(25)23-17-22-15(10-29-17)18(19,20)21/h2-10,24H,1H3,(H,22,23,25). The Kier molecular flexibility index (Phi) is 5.99. The average molecular weight is 457 g/mol. The lowest BCUT2D eigenvalue weighted by molar-refractivity contribution is -0.140. The Morgan fingerprint density at radius 3 is 2.37 bits per heavy atom. The van der Waals surface area contributed by atoms with Crippen molar-refractivity contribution in [2.24, 2.45) is 0 Å². The van der Waals surface area contributed by atoms with Crippen LogP contribution < -0.4 is 14.8 Å². The Morgan fingerprint density at radius 2 is 1.77 bits per heavy atom. The van der Waals surface area contributed by atoms with Gasteiger partial charge in [0.05, 0.1) is 17.7 Å². The highest BCUT2D eigenvalue weighted by molar-refractivity contribution is 7.92. The highest BCUT2D eigenvalue weighted by Crippen LogP contribution is 2.32. The molecule has 0 radical (unpaired) electrons. The maximum atomic E-state index is 12.6. The van der Waals surface area contributed by atoms with Crippen LogP contribution in [0.1, 0.15) is 16.1 Å². The molecule has 0 unspecified atom stereocenters. The number of methoxy groups -OCH3 is 1. The topological polar surface area (TPSA) is 97.4 Å². The van der Waals surface area contributed by atoms with Crippen LogP contribution in [0.5, 0.6) is 5.75 Å². The first-order valence-corrected chi connectivity index (χ1v) is 10.6. The number of alkyl halides is 3. The van der Waals surface area contributed by atoms with Crippen molar-refractivity contribution in [3.63, 3.8) is 0 Å². The lowest BCUT2D eigenvalue weighted by Gasteiger charge is -2.12. The molecule has 0 saturated heterocycles. The van der Waals surface area contributed by atoms with Crippen LogP contribution in [0.15, 0.2) is 58.8 Å². The number of hydrogen-bond acceptors (Lipinski definition) is 6. The van der Waals surface area contributed by atoms with Gasteiger partial charge in [-0.1, -0.05) is 12.1 Å². The van der Waals surface area contributed by atoms with Gasteiger partial charge in [0.2, 0.25) is 0 Å². The zero-order valence-electron chi connectivity index (χ0n) is 15.2. The first-order valence-electron chi connectivity index (χ1n) is 8.20. The molecule has 1 amide bonds.